The Labute approximate surface area is 191 Å². The van der Waals surface area contributed by atoms with E-state index in [2.05, 4.69) is 9.97 Å². The molecule has 0 unspecified atom stereocenters. The molecule has 0 N–H and O–H groups in total. The largest absolute Gasteiger partial charge is 0.494 e. The van der Waals surface area contributed by atoms with Crippen LogP contribution in [0.3, 0.4) is 0 Å². The molecule has 1 aromatic heterocycles. The second kappa shape index (κ2) is 16.4. The summed E-state index contributed by atoms with van der Waals surface area (Å²) in [6, 6.07) is 16.5. The van der Waals surface area contributed by atoms with Gasteiger partial charge in [0, 0.05) is 18.2 Å². The van der Waals surface area contributed by atoms with E-state index in [1.165, 1.54) is 0 Å². The number of aryl methyl sites for hydroxylation is 1. The third-order valence-corrected chi connectivity index (χ3v) is 3.84. The van der Waals surface area contributed by atoms with Gasteiger partial charge >= 0.3 is 5.97 Å². The van der Waals surface area contributed by atoms with E-state index in [-0.39, 0.29) is 12.6 Å². The zero-order valence-electron chi connectivity index (χ0n) is 19.7. The molecule has 2 rings (SSSR count). The van der Waals surface area contributed by atoms with Gasteiger partial charge in [0.2, 0.25) is 5.88 Å². The summed E-state index contributed by atoms with van der Waals surface area (Å²) >= 11 is 0. The number of aromatic nitrogens is 2. The highest BCUT2D eigenvalue weighted by molar-refractivity contribution is 5.69. The van der Waals surface area contributed by atoms with Crippen molar-refractivity contribution in [2.75, 3.05) is 20.3 Å². The van der Waals surface area contributed by atoms with Gasteiger partial charge in [-0.1, -0.05) is 32.0 Å². The van der Waals surface area contributed by atoms with Crippen LogP contribution in [0.1, 0.15) is 45.1 Å². The van der Waals surface area contributed by atoms with E-state index in [0.717, 1.165) is 5.69 Å². The number of methoxy groups -OCH3 is 1. The average molecular weight is 443 g/mol. The molecule has 0 amide bonds. The Morgan fingerprint density at radius 2 is 1.56 bits per heavy atom. The van der Waals surface area contributed by atoms with Crippen LogP contribution >= 0.6 is 0 Å². The van der Waals surface area contributed by atoms with Crippen molar-refractivity contribution in [2.24, 2.45) is 0 Å². The number of hydrogen-bond donors (Lipinski definition) is 0. The van der Waals surface area contributed by atoms with Crippen molar-refractivity contribution < 1.29 is 23.7 Å². The first-order chi connectivity index (χ1) is 15.6. The molecule has 0 saturated carbocycles. The van der Waals surface area contributed by atoms with Gasteiger partial charge in [0.1, 0.15) is 18.1 Å². The van der Waals surface area contributed by atoms with Crippen molar-refractivity contribution >= 4 is 5.97 Å². The molecule has 1 aromatic carbocycles. The topological polar surface area (TPSA) is 79.8 Å². The molecule has 174 valence electrons. The number of hydrogen-bond acceptors (Lipinski definition) is 7. The Morgan fingerprint density at radius 1 is 0.906 bits per heavy atom. The molecule has 0 radical (unpaired) electrons. The van der Waals surface area contributed by atoms with Crippen LogP contribution in [0.4, 0.5) is 0 Å². The summed E-state index contributed by atoms with van der Waals surface area (Å²) in [4.78, 5) is 20.2. The van der Waals surface area contributed by atoms with Crippen LogP contribution in [0.5, 0.6) is 17.4 Å². The Morgan fingerprint density at radius 3 is 2.22 bits per heavy atom. The molecule has 0 atom stereocenters. The van der Waals surface area contributed by atoms with E-state index in [1.54, 1.807) is 20.1 Å². The van der Waals surface area contributed by atoms with Crippen LogP contribution in [0.25, 0.3) is 0 Å². The Bertz CT molecular complexity index is 855. The summed E-state index contributed by atoms with van der Waals surface area (Å²) in [5.74, 6) is 2.12. The predicted molar refractivity (Wildman–Crippen MR) is 124 cm³/mol. The van der Waals surface area contributed by atoms with Crippen molar-refractivity contribution in [3.8, 4) is 17.4 Å². The number of ether oxygens (including phenoxy) is 4. The van der Waals surface area contributed by atoms with Gasteiger partial charge in [-0.05, 0) is 50.6 Å². The van der Waals surface area contributed by atoms with Crippen LogP contribution < -0.4 is 14.2 Å². The quantitative estimate of drug-likeness (QED) is 0.367. The zero-order chi connectivity index (χ0) is 23.6. The van der Waals surface area contributed by atoms with Crippen LogP contribution in [0.15, 0.2) is 54.6 Å². The Kier molecular flexibility index (Phi) is 13.6. The van der Waals surface area contributed by atoms with Crippen molar-refractivity contribution in [2.45, 2.75) is 47.1 Å². The summed E-state index contributed by atoms with van der Waals surface area (Å²) in [6.07, 6.45) is 0.952. The highest BCUT2D eigenvalue weighted by Crippen LogP contribution is 2.18. The smallest absolute Gasteiger partial charge is 0.305 e. The van der Waals surface area contributed by atoms with Crippen LogP contribution in [0, 0.1) is 6.92 Å². The first-order valence-electron chi connectivity index (χ1n) is 10.8. The van der Waals surface area contributed by atoms with Gasteiger partial charge < -0.3 is 18.9 Å². The fraction of sp³-hybridized carbons (Fsp3) is 0.400. The van der Waals surface area contributed by atoms with Gasteiger partial charge in [0.05, 0.1) is 20.3 Å². The first-order valence-corrected chi connectivity index (χ1v) is 10.8. The van der Waals surface area contributed by atoms with E-state index >= 15 is 0 Å². The number of carbonyl (C=O) groups is 1. The highest BCUT2D eigenvalue weighted by Gasteiger charge is 2.03. The van der Waals surface area contributed by atoms with Gasteiger partial charge in [-0.3, -0.25) is 4.79 Å². The monoisotopic (exact) mass is 442 g/mol. The fourth-order valence-corrected chi connectivity index (χ4v) is 2.43. The number of esters is 1. The molecule has 7 nitrogen and oxygen atoms in total. The predicted octanol–water partition coefficient (Wildman–Crippen LogP) is 5.25. The van der Waals surface area contributed by atoms with Crippen molar-refractivity contribution in [1.82, 2.24) is 9.97 Å². The Hall–Kier alpha value is -3.35. The van der Waals surface area contributed by atoms with E-state index in [0.29, 0.717) is 49.3 Å². The molecule has 0 aliphatic rings. The van der Waals surface area contributed by atoms with Crippen molar-refractivity contribution in [3.05, 3.63) is 66.1 Å². The third kappa shape index (κ3) is 11.2. The molecule has 7 heteroatoms. The van der Waals surface area contributed by atoms with E-state index in [4.69, 9.17) is 18.9 Å². The summed E-state index contributed by atoms with van der Waals surface area (Å²) in [7, 11) is 1.56. The lowest BCUT2D eigenvalue weighted by Crippen LogP contribution is -2.06. The van der Waals surface area contributed by atoms with Crippen molar-refractivity contribution in [3.63, 3.8) is 0 Å². The molecule has 0 aliphatic heterocycles. The lowest BCUT2D eigenvalue weighted by molar-refractivity contribution is -0.143. The molecule has 0 spiro atoms. The highest BCUT2D eigenvalue weighted by atomic mass is 16.5. The molecular formula is C25H34N2O5. The second-order valence-corrected chi connectivity index (χ2v) is 6.25. The SMILES string of the molecule is CC.CCOC(=O)CCCOc1ccc(OCc2nc(C)cccccc(OC)n2)cc1. The van der Waals surface area contributed by atoms with Gasteiger partial charge in [0.25, 0.3) is 0 Å². The summed E-state index contributed by atoms with van der Waals surface area (Å²) < 4.78 is 21.6. The maximum absolute atomic E-state index is 11.3. The number of rotatable bonds is 10. The average Bonchev–Trinajstić information content (AvgIpc) is 2.81. The zero-order valence-corrected chi connectivity index (χ0v) is 19.7. The molecular weight excluding hydrogens is 408 g/mol. The van der Waals surface area contributed by atoms with Gasteiger partial charge in [-0.15, -0.1) is 0 Å². The van der Waals surface area contributed by atoms with E-state index in [1.807, 2.05) is 69.3 Å². The number of benzene rings is 1. The first kappa shape index (κ1) is 26.7. The van der Waals surface area contributed by atoms with E-state index in [9.17, 15) is 4.79 Å². The van der Waals surface area contributed by atoms with Crippen LogP contribution in [-0.2, 0) is 16.1 Å². The molecule has 1 heterocycles. The third-order valence-electron chi connectivity index (χ3n) is 3.84. The summed E-state index contributed by atoms with van der Waals surface area (Å²) in [6.45, 7) is 8.72. The normalized spacial score (nSPS) is 9.53. The van der Waals surface area contributed by atoms with Gasteiger partial charge in [0.15, 0.2) is 5.82 Å². The molecule has 32 heavy (non-hydrogen) atoms. The molecule has 0 aliphatic carbocycles. The minimum absolute atomic E-state index is 0.190. The minimum Gasteiger partial charge on any atom is -0.494 e. The molecule has 2 aromatic rings. The van der Waals surface area contributed by atoms with E-state index < -0.39 is 0 Å². The number of nitrogens with zero attached hydrogens (tertiary/aromatic N) is 2. The molecule has 0 saturated heterocycles. The minimum atomic E-state index is -0.204. The van der Waals surface area contributed by atoms with Gasteiger partial charge in [-0.25, -0.2) is 4.98 Å². The molecule has 0 bridgehead atoms. The van der Waals surface area contributed by atoms with Gasteiger partial charge in [-0.2, -0.15) is 4.98 Å². The van der Waals surface area contributed by atoms with Crippen LogP contribution in [-0.4, -0.2) is 36.3 Å². The maximum atomic E-state index is 11.3. The number of carbonyl (C=O) groups excluding carboxylic acids is 1. The Balaban J connectivity index is 0.00000249. The molecule has 0 fully saturated rings. The second-order valence-electron chi connectivity index (χ2n) is 6.25. The summed E-state index contributed by atoms with van der Waals surface area (Å²) in [5, 5.41) is 0. The standard InChI is InChI=1S/C23H28N2O5.C2H6/c1-4-28-23(26)11-8-16-29-19-12-14-20(15-13-19)30-17-21-24-18(2)9-6-5-7-10-22(25-21)27-3;1-2/h5-7,9-10,12-15H,4,8,11,16-17H2,1-3H3;1-2H3. The van der Waals surface area contributed by atoms with Crippen molar-refractivity contribution in [1.29, 1.82) is 0 Å². The fourth-order valence-electron chi connectivity index (χ4n) is 2.43. The maximum Gasteiger partial charge on any atom is 0.305 e. The lowest BCUT2D eigenvalue weighted by atomic mass is 10.3. The summed E-state index contributed by atoms with van der Waals surface area (Å²) in [5.41, 5.74) is 0.811. The lowest BCUT2D eigenvalue weighted by Gasteiger charge is -2.08. The van der Waals surface area contributed by atoms with Crippen LogP contribution in [0.2, 0.25) is 0 Å².